The number of rotatable bonds is 8. The SMILES string of the molecule is CC(C)C(=O)CCC(=O)C(CS(C)(=O)=O)N1C(=O)C=CC1=O. The fraction of sp³-hybridized carbons (Fsp3) is 0.571. The zero-order chi connectivity index (χ0) is 17.1. The molecule has 1 rings (SSSR count). The Labute approximate surface area is 129 Å². The molecule has 1 aliphatic heterocycles. The van der Waals surface area contributed by atoms with Crippen molar-refractivity contribution >= 4 is 33.2 Å². The van der Waals surface area contributed by atoms with E-state index in [1.807, 2.05) is 0 Å². The van der Waals surface area contributed by atoms with Crippen LogP contribution in [0.5, 0.6) is 0 Å². The molecule has 1 aliphatic rings. The van der Waals surface area contributed by atoms with E-state index in [9.17, 15) is 27.6 Å². The molecule has 22 heavy (non-hydrogen) atoms. The number of imide groups is 1. The molecule has 0 bridgehead atoms. The Morgan fingerprint density at radius 2 is 1.50 bits per heavy atom. The normalized spacial score (nSPS) is 16.5. The number of amides is 2. The molecule has 0 aromatic carbocycles. The second kappa shape index (κ2) is 6.95. The number of carbonyl (C=O) groups excluding carboxylic acids is 4. The summed E-state index contributed by atoms with van der Waals surface area (Å²) in [5, 5.41) is 0. The number of carbonyl (C=O) groups is 4. The molecular weight excluding hydrogens is 310 g/mol. The number of hydrogen-bond donors (Lipinski definition) is 0. The summed E-state index contributed by atoms with van der Waals surface area (Å²) < 4.78 is 22.9. The van der Waals surface area contributed by atoms with Crippen molar-refractivity contribution in [1.82, 2.24) is 4.90 Å². The molecule has 8 heteroatoms. The van der Waals surface area contributed by atoms with E-state index in [0.717, 1.165) is 18.4 Å². The summed E-state index contributed by atoms with van der Waals surface area (Å²) in [5.41, 5.74) is 0. The molecule has 122 valence electrons. The smallest absolute Gasteiger partial charge is 0.254 e. The minimum absolute atomic E-state index is 0.0413. The lowest BCUT2D eigenvalue weighted by molar-refractivity contribution is -0.144. The van der Waals surface area contributed by atoms with Crippen molar-refractivity contribution in [2.24, 2.45) is 5.92 Å². The molecule has 0 aliphatic carbocycles. The second-order valence-electron chi connectivity index (χ2n) is 5.58. The highest BCUT2D eigenvalue weighted by atomic mass is 32.2. The quantitative estimate of drug-likeness (QED) is 0.576. The summed E-state index contributed by atoms with van der Waals surface area (Å²) in [5.74, 6) is -3.06. The molecule has 0 aromatic heterocycles. The number of Topliss-reactive ketones (excluding diaryl/α,β-unsaturated/α-hetero) is 2. The van der Waals surface area contributed by atoms with Gasteiger partial charge in [0.2, 0.25) is 0 Å². The van der Waals surface area contributed by atoms with Gasteiger partial charge in [-0.1, -0.05) is 13.8 Å². The molecule has 7 nitrogen and oxygen atoms in total. The Kier molecular flexibility index (Phi) is 5.76. The first kappa shape index (κ1) is 18.2. The molecule has 0 saturated carbocycles. The van der Waals surface area contributed by atoms with Crippen molar-refractivity contribution in [3.8, 4) is 0 Å². The minimum Gasteiger partial charge on any atom is -0.299 e. The number of nitrogens with zero attached hydrogens (tertiary/aromatic N) is 1. The Morgan fingerprint density at radius 3 is 1.91 bits per heavy atom. The van der Waals surface area contributed by atoms with Gasteiger partial charge in [-0.2, -0.15) is 0 Å². The van der Waals surface area contributed by atoms with Gasteiger partial charge in [-0.05, 0) is 0 Å². The first-order valence-corrected chi connectivity index (χ1v) is 8.87. The van der Waals surface area contributed by atoms with Crippen molar-refractivity contribution < 1.29 is 27.6 Å². The summed E-state index contributed by atoms with van der Waals surface area (Å²) in [6, 6.07) is -1.38. The fourth-order valence-electron chi connectivity index (χ4n) is 2.02. The van der Waals surface area contributed by atoms with Crippen LogP contribution < -0.4 is 0 Å². The lowest BCUT2D eigenvalue weighted by Crippen LogP contribution is -2.48. The summed E-state index contributed by atoms with van der Waals surface area (Å²) >= 11 is 0. The van der Waals surface area contributed by atoms with Crippen LogP contribution in [0.15, 0.2) is 12.2 Å². The van der Waals surface area contributed by atoms with Crippen LogP contribution in [0.4, 0.5) is 0 Å². The number of hydrogen-bond acceptors (Lipinski definition) is 6. The monoisotopic (exact) mass is 329 g/mol. The van der Waals surface area contributed by atoms with Crippen molar-refractivity contribution in [2.45, 2.75) is 32.7 Å². The topological polar surface area (TPSA) is 106 Å². The molecule has 1 heterocycles. The van der Waals surface area contributed by atoms with Crippen LogP contribution in [0, 0.1) is 5.92 Å². The maximum Gasteiger partial charge on any atom is 0.254 e. The largest absolute Gasteiger partial charge is 0.299 e. The molecule has 0 radical (unpaired) electrons. The van der Waals surface area contributed by atoms with Gasteiger partial charge in [0.1, 0.15) is 21.7 Å². The summed E-state index contributed by atoms with van der Waals surface area (Å²) in [6.45, 7) is 3.39. The highest BCUT2D eigenvalue weighted by Gasteiger charge is 2.37. The van der Waals surface area contributed by atoms with Gasteiger partial charge < -0.3 is 0 Å². The van der Waals surface area contributed by atoms with Gasteiger partial charge in [0.15, 0.2) is 5.78 Å². The fourth-order valence-corrected chi connectivity index (χ4v) is 2.93. The summed E-state index contributed by atoms with van der Waals surface area (Å²) in [7, 11) is -3.59. The molecule has 2 amide bonds. The van der Waals surface area contributed by atoms with Gasteiger partial charge >= 0.3 is 0 Å². The molecular formula is C14H19NO6S. The van der Waals surface area contributed by atoms with Crippen molar-refractivity contribution in [1.29, 1.82) is 0 Å². The Morgan fingerprint density at radius 1 is 1.05 bits per heavy atom. The van der Waals surface area contributed by atoms with E-state index in [2.05, 4.69) is 0 Å². The van der Waals surface area contributed by atoms with E-state index in [1.54, 1.807) is 13.8 Å². The van der Waals surface area contributed by atoms with Crippen LogP contribution in [0.2, 0.25) is 0 Å². The van der Waals surface area contributed by atoms with Gasteiger partial charge in [-0.15, -0.1) is 0 Å². The zero-order valence-corrected chi connectivity index (χ0v) is 13.6. The van der Waals surface area contributed by atoms with E-state index < -0.39 is 39.2 Å². The van der Waals surface area contributed by atoms with Crippen LogP contribution in [0.25, 0.3) is 0 Å². The van der Waals surface area contributed by atoms with Crippen LogP contribution in [0.3, 0.4) is 0 Å². The van der Waals surface area contributed by atoms with Gasteiger partial charge in [0.25, 0.3) is 11.8 Å². The first-order chi connectivity index (χ1) is 10.0. The maximum atomic E-state index is 12.2. The first-order valence-electron chi connectivity index (χ1n) is 6.81. The third-order valence-corrected chi connectivity index (χ3v) is 4.17. The van der Waals surface area contributed by atoms with Gasteiger partial charge in [0, 0.05) is 37.2 Å². The van der Waals surface area contributed by atoms with E-state index in [4.69, 9.17) is 0 Å². The maximum absolute atomic E-state index is 12.2. The average Bonchev–Trinajstić information content (AvgIpc) is 2.71. The molecule has 1 unspecified atom stereocenters. The van der Waals surface area contributed by atoms with Crippen molar-refractivity contribution in [2.75, 3.05) is 12.0 Å². The van der Waals surface area contributed by atoms with E-state index in [0.29, 0.717) is 4.90 Å². The molecule has 0 N–H and O–H groups in total. The van der Waals surface area contributed by atoms with Crippen molar-refractivity contribution in [3.63, 3.8) is 0 Å². The lowest BCUT2D eigenvalue weighted by Gasteiger charge is -2.24. The summed E-state index contributed by atoms with van der Waals surface area (Å²) in [6.07, 6.45) is 2.66. The highest BCUT2D eigenvalue weighted by Crippen LogP contribution is 2.15. The highest BCUT2D eigenvalue weighted by molar-refractivity contribution is 7.90. The van der Waals surface area contributed by atoms with Gasteiger partial charge in [-0.25, -0.2) is 8.42 Å². The third kappa shape index (κ3) is 4.87. The van der Waals surface area contributed by atoms with Crippen molar-refractivity contribution in [3.05, 3.63) is 12.2 Å². The molecule has 0 saturated heterocycles. The molecule has 0 spiro atoms. The minimum atomic E-state index is -3.59. The standard InChI is InChI=1S/C14H19NO6S/c1-9(2)11(16)4-5-12(17)10(8-22(3,20)21)15-13(18)6-7-14(15)19/h6-7,9-10H,4-5,8H2,1-3H3. The van der Waals surface area contributed by atoms with Crippen LogP contribution in [0.1, 0.15) is 26.7 Å². The van der Waals surface area contributed by atoms with Crippen LogP contribution in [-0.4, -0.2) is 54.7 Å². The van der Waals surface area contributed by atoms with E-state index >= 15 is 0 Å². The number of ketones is 2. The van der Waals surface area contributed by atoms with Gasteiger partial charge in [-0.3, -0.25) is 24.1 Å². The predicted molar refractivity (Wildman–Crippen MR) is 78.6 cm³/mol. The zero-order valence-electron chi connectivity index (χ0n) is 12.7. The summed E-state index contributed by atoms with van der Waals surface area (Å²) in [4.78, 5) is 47.8. The Bertz CT molecular complexity index is 614. The predicted octanol–water partition coefficient (Wildman–Crippen LogP) is -0.101. The number of sulfone groups is 1. The second-order valence-corrected chi connectivity index (χ2v) is 7.76. The Hall–Kier alpha value is -1.83. The third-order valence-electron chi connectivity index (χ3n) is 3.25. The molecule has 1 atom stereocenters. The van der Waals surface area contributed by atoms with E-state index in [-0.39, 0.29) is 24.5 Å². The van der Waals surface area contributed by atoms with Crippen LogP contribution >= 0.6 is 0 Å². The molecule has 0 fully saturated rings. The lowest BCUT2D eigenvalue weighted by atomic mass is 10.0. The van der Waals surface area contributed by atoms with E-state index in [1.165, 1.54) is 0 Å². The average molecular weight is 329 g/mol. The van der Waals surface area contributed by atoms with Gasteiger partial charge in [0.05, 0.1) is 5.75 Å². The molecule has 0 aromatic rings. The Balaban J connectivity index is 2.91. The van der Waals surface area contributed by atoms with Crippen LogP contribution in [-0.2, 0) is 29.0 Å².